The molecule has 3 atom stereocenters. The number of carbonyl (C=O) groups excluding carboxylic acids is 3. The second-order valence-electron chi connectivity index (χ2n) is 17.7. The van der Waals surface area contributed by atoms with E-state index in [1.807, 2.05) is 0 Å². The number of unbranched alkanes of at least 4 members (excludes halogenated alkanes) is 20. The maximum Gasteiger partial charge on any atom is 0.472 e. The van der Waals surface area contributed by atoms with Gasteiger partial charge in [-0.15, -0.1) is 0 Å². The van der Waals surface area contributed by atoms with Crippen LogP contribution in [0.4, 0.5) is 0 Å². The molecule has 0 amide bonds. The maximum absolute atomic E-state index is 12.9. The molecular formula is C56H97O11P. The van der Waals surface area contributed by atoms with E-state index in [1.165, 1.54) is 38.5 Å². The number of phosphoric acid groups is 1. The molecule has 11 nitrogen and oxygen atoms in total. The number of hydrogen-bond acceptors (Lipinski definition) is 10. The van der Waals surface area contributed by atoms with Crippen LogP contribution < -0.4 is 0 Å². The van der Waals surface area contributed by atoms with Crippen molar-refractivity contribution < 1.29 is 52.2 Å². The van der Waals surface area contributed by atoms with Gasteiger partial charge in [0, 0.05) is 19.3 Å². The van der Waals surface area contributed by atoms with Gasteiger partial charge in [-0.25, -0.2) is 4.57 Å². The van der Waals surface area contributed by atoms with Crippen LogP contribution in [0.1, 0.15) is 226 Å². The molecule has 0 aliphatic carbocycles. The minimum absolute atomic E-state index is 0.148. The summed E-state index contributed by atoms with van der Waals surface area (Å²) in [4.78, 5) is 48.3. The Kier molecular flexibility index (Phi) is 48.0. The average molecular weight is 977 g/mol. The lowest BCUT2D eigenvalue weighted by Crippen LogP contribution is -2.30. The summed E-state index contributed by atoms with van der Waals surface area (Å²) in [6.07, 6.45) is 54.4. The Morgan fingerprint density at radius 1 is 0.426 bits per heavy atom. The summed E-state index contributed by atoms with van der Waals surface area (Å²) in [7, 11) is -4.76. The zero-order valence-corrected chi connectivity index (χ0v) is 43.9. The molecule has 68 heavy (non-hydrogen) atoms. The summed E-state index contributed by atoms with van der Waals surface area (Å²) >= 11 is 0. The Bertz CT molecular complexity index is 1420. The van der Waals surface area contributed by atoms with Gasteiger partial charge in [0.25, 0.3) is 0 Å². The molecule has 0 aliphatic rings. The van der Waals surface area contributed by atoms with Crippen LogP contribution in [0.15, 0.2) is 72.9 Å². The van der Waals surface area contributed by atoms with Crippen molar-refractivity contribution in [3.63, 3.8) is 0 Å². The SMILES string of the molecule is CC/C=C\C/C=C\C/C=C\CCCCCC(=O)OCC(COP(=O)(O)OCC(CO)OC(=O)CCCCCCC/C=C\C/C=C\CCC)OC(=O)CCCCCCC/C=C\CCCCCCCC. The molecule has 12 heteroatoms. The number of esters is 3. The van der Waals surface area contributed by atoms with Gasteiger partial charge in [0.2, 0.25) is 0 Å². The van der Waals surface area contributed by atoms with Gasteiger partial charge in [0.1, 0.15) is 12.7 Å². The monoisotopic (exact) mass is 977 g/mol. The molecule has 0 radical (unpaired) electrons. The lowest BCUT2D eigenvalue weighted by molar-refractivity contribution is -0.161. The zero-order chi connectivity index (χ0) is 49.9. The van der Waals surface area contributed by atoms with Crippen molar-refractivity contribution in [3.8, 4) is 0 Å². The van der Waals surface area contributed by atoms with Crippen molar-refractivity contribution in [1.82, 2.24) is 0 Å². The molecule has 0 rings (SSSR count). The van der Waals surface area contributed by atoms with E-state index in [0.717, 1.165) is 128 Å². The van der Waals surface area contributed by atoms with Gasteiger partial charge in [-0.2, -0.15) is 0 Å². The number of hydrogen-bond donors (Lipinski definition) is 2. The predicted molar refractivity (Wildman–Crippen MR) is 279 cm³/mol. The third-order valence-electron chi connectivity index (χ3n) is 11.1. The van der Waals surface area contributed by atoms with Gasteiger partial charge in [-0.3, -0.25) is 23.4 Å². The fraction of sp³-hybridized carbons (Fsp3) is 0.732. The molecule has 0 saturated carbocycles. The van der Waals surface area contributed by atoms with Gasteiger partial charge in [0.05, 0.1) is 19.8 Å². The van der Waals surface area contributed by atoms with Gasteiger partial charge in [-0.1, -0.05) is 177 Å². The molecule has 3 unspecified atom stereocenters. The number of allylic oxidation sites excluding steroid dienone is 12. The molecule has 0 spiro atoms. The highest BCUT2D eigenvalue weighted by molar-refractivity contribution is 7.47. The van der Waals surface area contributed by atoms with Crippen molar-refractivity contribution in [1.29, 1.82) is 0 Å². The van der Waals surface area contributed by atoms with Gasteiger partial charge in [-0.05, 0) is 103 Å². The highest BCUT2D eigenvalue weighted by atomic mass is 31.2. The summed E-state index contributed by atoms with van der Waals surface area (Å²) in [6, 6.07) is 0. The van der Waals surface area contributed by atoms with Crippen molar-refractivity contribution in [3.05, 3.63) is 72.9 Å². The van der Waals surface area contributed by atoms with E-state index in [1.54, 1.807) is 0 Å². The summed E-state index contributed by atoms with van der Waals surface area (Å²) in [5.41, 5.74) is 0. The Morgan fingerprint density at radius 3 is 1.26 bits per heavy atom. The molecule has 0 aliphatic heterocycles. The number of carbonyl (C=O) groups is 3. The number of phosphoric ester groups is 1. The first-order chi connectivity index (χ1) is 33.2. The van der Waals surface area contributed by atoms with E-state index in [9.17, 15) is 28.9 Å². The molecule has 0 fully saturated rings. The smallest absolute Gasteiger partial charge is 0.462 e. The normalized spacial score (nSPS) is 14.0. The lowest BCUT2D eigenvalue weighted by atomic mass is 10.1. The second kappa shape index (κ2) is 50.3. The van der Waals surface area contributed by atoms with E-state index in [-0.39, 0.29) is 25.9 Å². The Hall–Kier alpha value is -3.08. The van der Waals surface area contributed by atoms with Crippen molar-refractivity contribution >= 4 is 25.7 Å². The highest BCUT2D eigenvalue weighted by Gasteiger charge is 2.28. The first kappa shape index (κ1) is 64.9. The number of aliphatic hydroxyl groups excluding tert-OH is 1. The fourth-order valence-electron chi connectivity index (χ4n) is 6.99. The standard InChI is InChI=1S/C56H97O11P/c1-4-7-10-13-16-19-22-25-26-29-32-35-38-41-44-47-56(60)67-53(49-63-54(58)45-42-39-36-33-30-27-23-20-17-14-11-8-5-2)51-65-68(61,62)64-50-52(48-57)66-55(59)46-43-40-37-34-31-28-24-21-18-15-12-9-6-3/h8,11-12,15,17,20-21,24-27,30,52-53,57H,4-7,9-10,13-14,16,18-19,22-23,28-29,31-51H2,1-3H3,(H,61,62)/b11-8-,15-12-,20-17-,24-21-,26-25-,30-27-. The highest BCUT2D eigenvalue weighted by Crippen LogP contribution is 2.43. The summed E-state index contributed by atoms with van der Waals surface area (Å²) in [5, 5.41) is 9.78. The molecule has 0 bridgehead atoms. The topological polar surface area (TPSA) is 155 Å². The largest absolute Gasteiger partial charge is 0.472 e. The zero-order valence-electron chi connectivity index (χ0n) is 43.1. The summed E-state index contributed by atoms with van der Waals surface area (Å²) in [6.45, 7) is 4.39. The molecule has 0 aromatic rings. The molecule has 2 N–H and O–H groups in total. The lowest BCUT2D eigenvalue weighted by Gasteiger charge is -2.21. The Labute approximate surface area is 414 Å². The van der Waals surface area contributed by atoms with E-state index in [2.05, 4.69) is 93.7 Å². The second-order valence-corrected chi connectivity index (χ2v) is 19.1. The minimum atomic E-state index is -4.76. The van der Waals surface area contributed by atoms with Crippen molar-refractivity contribution in [2.45, 2.75) is 238 Å². The quantitative estimate of drug-likeness (QED) is 0.0197. The number of aliphatic hydroxyl groups is 1. The molecule has 0 aromatic carbocycles. The van der Waals surface area contributed by atoms with Crippen LogP contribution in [-0.4, -0.2) is 66.5 Å². The number of rotatable bonds is 49. The average Bonchev–Trinajstić information content (AvgIpc) is 3.32. The van der Waals surface area contributed by atoms with Crippen molar-refractivity contribution in [2.24, 2.45) is 0 Å². The Morgan fingerprint density at radius 2 is 0.794 bits per heavy atom. The van der Waals surface area contributed by atoms with Crippen LogP contribution >= 0.6 is 7.82 Å². The summed E-state index contributed by atoms with van der Waals surface area (Å²) < 4.78 is 39.3. The third kappa shape index (κ3) is 48.0. The van der Waals surface area contributed by atoms with Gasteiger partial charge in [0.15, 0.2) is 6.10 Å². The van der Waals surface area contributed by atoms with E-state index in [0.29, 0.717) is 19.3 Å². The van der Waals surface area contributed by atoms with Crippen LogP contribution in [0.2, 0.25) is 0 Å². The van der Waals surface area contributed by atoms with Crippen LogP contribution in [0, 0.1) is 0 Å². The van der Waals surface area contributed by atoms with Crippen LogP contribution in [0.5, 0.6) is 0 Å². The maximum atomic E-state index is 12.9. The molecule has 0 heterocycles. The number of ether oxygens (including phenoxy) is 3. The summed E-state index contributed by atoms with van der Waals surface area (Å²) in [5.74, 6) is -1.53. The fourth-order valence-corrected chi connectivity index (χ4v) is 7.77. The van der Waals surface area contributed by atoms with E-state index >= 15 is 0 Å². The molecular weight excluding hydrogens is 880 g/mol. The first-order valence-electron chi connectivity index (χ1n) is 26.8. The van der Waals surface area contributed by atoms with Gasteiger partial charge >= 0.3 is 25.7 Å². The van der Waals surface area contributed by atoms with Crippen molar-refractivity contribution in [2.75, 3.05) is 26.4 Å². The molecule has 0 saturated heterocycles. The Balaban J connectivity index is 4.79. The van der Waals surface area contributed by atoms with Crippen LogP contribution in [0.25, 0.3) is 0 Å². The predicted octanol–water partition coefficient (Wildman–Crippen LogP) is 15.4. The van der Waals surface area contributed by atoms with Crippen LogP contribution in [0.3, 0.4) is 0 Å². The van der Waals surface area contributed by atoms with E-state index < -0.39 is 57.8 Å². The van der Waals surface area contributed by atoms with E-state index in [4.69, 9.17) is 23.3 Å². The van der Waals surface area contributed by atoms with Gasteiger partial charge < -0.3 is 24.2 Å². The molecule has 392 valence electrons. The third-order valence-corrected chi connectivity index (χ3v) is 12.0. The molecule has 0 aromatic heterocycles. The first-order valence-corrected chi connectivity index (χ1v) is 28.3. The minimum Gasteiger partial charge on any atom is -0.462 e. The van der Waals surface area contributed by atoms with Crippen LogP contribution in [-0.2, 0) is 42.2 Å².